The van der Waals surface area contributed by atoms with Crippen molar-refractivity contribution in [2.45, 2.75) is 19.3 Å². The number of piperidine rings is 1. The van der Waals surface area contributed by atoms with E-state index in [4.69, 9.17) is 5.73 Å². The largest absolute Gasteiger partial charge is 0.330 e. The van der Waals surface area contributed by atoms with Crippen molar-refractivity contribution in [3.8, 4) is 0 Å². The van der Waals surface area contributed by atoms with E-state index in [-0.39, 0.29) is 0 Å². The first-order chi connectivity index (χ1) is 9.62. The zero-order valence-electron chi connectivity index (χ0n) is 11.6. The summed E-state index contributed by atoms with van der Waals surface area (Å²) in [6.07, 6.45) is 4.55. The van der Waals surface area contributed by atoms with Gasteiger partial charge in [-0.15, -0.1) is 0 Å². The molecule has 1 aliphatic rings. The van der Waals surface area contributed by atoms with E-state index in [2.05, 4.69) is 0 Å². The van der Waals surface area contributed by atoms with Crippen LogP contribution in [0.15, 0.2) is 35.7 Å². The van der Waals surface area contributed by atoms with Crippen molar-refractivity contribution >= 4 is 16.1 Å². The summed E-state index contributed by atoms with van der Waals surface area (Å²) in [6.45, 7) is 1.83. The van der Waals surface area contributed by atoms with Gasteiger partial charge in [-0.05, 0) is 43.4 Å². The molecular formula is C15H22N2O2S. The number of rotatable bonds is 5. The van der Waals surface area contributed by atoms with Gasteiger partial charge in [0.15, 0.2) is 0 Å². The molecule has 1 heterocycles. The van der Waals surface area contributed by atoms with Gasteiger partial charge in [0, 0.05) is 18.5 Å². The maximum atomic E-state index is 12.3. The lowest BCUT2D eigenvalue weighted by atomic mass is 9.96. The van der Waals surface area contributed by atoms with E-state index in [1.807, 2.05) is 30.3 Å². The zero-order valence-corrected chi connectivity index (χ0v) is 12.4. The molecule has 2 rings (SSSR count). The van der Waals surface area contributed by atoms with E-state index in [1.165, 1.54) is 5.41 Å². The summed E-state index contributed by atoms with van der Waals surface area (Å²) in [4.78, 5) is 0. The predicted molar refractivity (Wildman–Crippen MR) is 82.4 cm³/mol. The van der Waals surface area contributed by atoms with Crippen LogP contribution in [0.25, 0.3) is 6.08 Å². The highest BCUT2D eigenvalue weighted by Gasteiger charge is 2.26. The van der Waals surface area contributed by atoms with Crippen molar-refractivity contribution in [3.63, 3.8) is 0 Å². The molecule has 1 saturated heterocycles. The van der Waals surface area contributed by atoms with Gasteiger partial charge in [0.25, 0.3) is 0 Å². The normalized spacial score (nSPS) is 21.4. The minimum Gasteiger partial charge on any atom is -0.330 e. The van der Waals surface area contributed by atoms with Crippen LogP contribution in [0.5, 0.6) is 0 Å². The Morgan fingerprint density at radius 2 is 2.05 bits per heavy atom. The number of nitrogens with two attached hydrogens (primary N) is 1. The van der Waals surface area contributed by atoms with Gasteiger partial charge >= 0.3 is 0 Å². The topological polar surface area (TPSA) is 63.4 Å². The van der Waals surface area contributed by atoms with Crippen molar-refractivity contribution in [2.75, 3.05) is 19.6 Å². The average molecular weight is 294 g/mol. The Morgan fingerprint density at radius 3 is 2.75 bits per heavy atom. The van der Waals surface area contributed by atoms with Crippen molar-refractivity contribution in [3.05, 3.63) is 41.3 Å². The first-order valence-corrected chi connectivity index (χ1v) is 8.55. The third kappa shape index (κ3) is 4.16. The second-order valence-corrected chi connectivity index (χ2v) is 7.02. The van der Waals surface area contributed by atoms with Crippen molar-refractivity contribution in [1.82, 2.24) is 4.31 Å². The van der Waals surface area contributed by atoms with Crippen molar-refractivity contribution in [2.24, 2.45) is 11.7 Å². The molecule has 0 amide bonds. The van der Waals surface area contributed by atoms with Crippen molar-refractivity contribution in [1.29, 1.82) is 0 Å². The Morgan fingerprint density at radius 1 is 1.30 bits per heavy atom. The highest BCUT2D eigenvalue weighted by Crippen LogP contribution is 2.22. The van der Waals surface area contributed by atoms with Gasteiger partial charge in [-0.2, -0.15) is 4.31 Å². The lowest BCUT2D eigenvalue weighted by Crippen LogP contribution is -2.39. The van der Waals surface area contributed by atoms with Crippen LogP contribution in [0.2, 0.25) is 0 Å². The van der Waals surface area contributed by atoms with E-state index in [1.54, 1.807) is 10.4 Å². The van der Waals surface area contributed by atoms with Crippen molar-refractivity contribution < 1.29 is 8.42 Å². The van der Waals surface area contributed by atoms with Gasteiger partial charge in [-0.1, -0.05) is 30.3 Å². The van der Waals surface area contributed by atoms with E-state index in [0.717, 1.165) is 24.8 Å². The second kappa shape index (κ2) is 7.02. The molecule has 0 saturated carbocycles. The minimum absolute atomic E-state index is 0.397. The fourth-order valence-electron chi connectivity index (χ4n) is 2.54. The first-order valence-electron chi connectivity index (χ1n) is 7.05. The fraction of sp³-hybridized carbons (Fsp3) is 0.467. The second-order valence-electron chi connectivity index (χ2n) is 5.20. The summed E-state index contributed by atoms with van der Waals surface area (Å²) in [5.41, 5.74) is 6.46. The Balaban J connectivity index is 2.04. The van der Waals surface area contributed by atoms with Gasteiger partial charge in [0.1, 0.15) is 0 Å². The highest BCUT2D eigenvalue weighted by atomic mass is 32.2. The molecule has 20 heavy (non-hydrogen) atoms. The van der Waals surface area contributed by atoms with Crippen LogP contribution < -0.4 is 5.73 Å². The van der Waals surface area contributed by atoms with E-state index < -0.39 is 10.0 Å². The number of hydrogen-bond donors (Lipinski definition) is 1. The number of benzene rings is 1. The standard InChI is InChI=1S/C15H22N2O2S/c16-10-8-15-7-4-11-17(13-15)20(18,19)12-9-14-5-2-1-3-6-14/h1-3,5-6,9,12,15H,4,7-8,10-11,13,16H2. The molecule has 1 aromatic carbocycles. The Hall–Kier alpha value is -1.17. The molecule has 0 radical (unpaired) electrons. The van der Waals surface area contributed by atoms with Gasteiger partial charge in [-0.3, -0.25) is 0 Å². The fourth-order valence-corrected chi connectivity index (χ4v) is 3.85. The maximum Gasteiger partial charge on any atom is 0.236 e. The van der Waals surface area contributed by atoms with Crippen LogP contribution in [-0.4, -0.2) is 32.4 Å². The summed E-state index contributed by atoms with van der Waals surface area (Å²) in [5, 5.41) is 1.31. The quantitative estimate of drug-likeness (QED) is 0.904. The molecule has 0 bridgehead atoms. The molecule has 0 aromatic heterocycles. The molecule has 1 aromatic rings. The SMILES string of the molecule is NCCC1CCCN(S(=O)(=O)C=Cc2ccccc2)C1. The third-order valence-electron chi connectivity index (χ3n) is 3.65. The summed E-state index contributed by atoms with van der Waals surface area (Å²) in [5.74, 6) is 0.397. The lowest BCUT2D eigenvalue weighted by Gasteiger charge is -2.30. The number of hydrogen-bond acceptors (Lipinski definition) is 3. The molecule has 5 heteroatoms. The monoisotopic (exact) mass is 294 g/mol. The summed E-state index contributed by atoms with van der Waals surface area (Å²) in [6, 6.07) is 9.47. The van der Waals surface area contributed by atoms with Crippen LogP contribution in [0.4, 0.5) is 0 Å². The molecule has 1 aliphatic heterocycles. The third-order valence-corrected chi connectivity index (χ3v) is 5.18. The van der Waals surface area contributed by atoms with E-state index in [9.17, 15) is 8.42 Å². The number of nitrogens with zero attached hydrogens (tertiary/aromatic N) is 1. The predicted octanol–water partition coefficient (Wildman–Crippen LogP) is 2.05. The van der Waals surface area contributed by atoms with Gasteiger partial charge in [0.2, 0.25) is 10.0 Å². The lowest BCUT2D eigenvalue weighted by molar-refractivity contribution is 0.260. The molecule has 2 N–H and O–H groups in total. The Labute approximate surface area is 121 Å². The van der Waals surface area contributed by atoms with Gasteiger partial charge in [0.05, 0.1) is 0 Å². The first kappa shape index (κ1) is 15.2. The molecule has 0 spiro atoms. The van der Waals surface area contributed by atoms with Crippen LogP contribution in [-0.2, 0) is 10.0 Å². The Kier molecular flexibility index (Phi) is 5.34. The summed E-state index contributed by atoms with van der Waals surface area (Å²) in [7, 11) is -3.32. The Bertz CT molecular complexity index is 538. The molecule has 1 atom stereocenters. The summed E-state index contributed by atoms with van der Waals surface area (Å²) < 4.78 is 26.2. The maximum absolute atomic E-state index is 12.3. The molecule has 1 fully saturated rings. The van der Waals surface area contributed by atoms with Gasteiger partial charge in [-0.25, -0.2) is 8.42 Å². The summed E-state index contributed by atoms with van der Waals surface area (Å²) >= 11 is 0. The molecule has 110 valence electrons. The zero-order chi connectivity index (χ0) is 14.4. The average Bonchev–Trinajstić information content (AvgIpc) is 2.47. The highest BCUT2D eigenvalue weighted by molar-refractivity contribution is 7.92. The van der Waals surface area contributed by atoms with E-state index in [0.29, 0.717) is 25.6 Å². The molecular weight excluding hydrogens is 272 g/mol. The van der Waals surface area contributed by atoms with Crippen LogP contribution in [0, 0.1) is 5.92 Å². The van der Waals surface area contributed by atoms with Crippen LogP contribution in [0.1, 0.15) is 24.8 Å². The van der Waals surface area contributed by atoms with Crippen LogP contribution in [0.3, 0.4) is 0 Å². The van der Waals surface area contributed by atoms with E-state index >= 15 is 0 Å². The van der Waals surface area contributed by atoms with Gasteiger partial charge < -0.3 is 5.73 Å². The molecule has 1 unspecified atom stereocenters. The minimum atomic E-state index is -3.32. The number of sulfonamides is 1. The smallest absolute Gasteiger partial charge is 0.236 e. The van der Waals surface area contributed by atoms with Crippen LogP contribution >= 0.6 is 0 Å². The molecule has 0 aliphatic carbocycles. The molecule has 4 nitrogen and oxygen atoms in total.